The predicted molar refractivity (Wildman–Crippen MR) is 163 cm³/mol. The van der Waals surface area contributed by atoms with Crippen molar-refractivity contribution in [1.29, 1.82) is 0 Å². The van der Waals surface area contributed by atoms with Crippen LogP contribution in [-0.2, 0) is 6.11 Å². The van der Waals surface area contributed by atoms with Crippen LogP contribution in [0.25, 0.3) is 22.3 Å². The first-order valence-electron chi connectivity index (χ1n) is 15.0. The fraction of sp³-hybridized carbons (Fsp3) is 0.243. The Morgan fingerprint density at radius 2 is 1.36 bits per heavy atom. The summed E-state index contributed by atoms with van der Waals surface area (Å²) in [6, 6.07) is 15.3. The van der Waals surface area contributed by atoms with Gasteiger partial charge in [-0.2, -0.15) is 17.6 Å². The van der Waals surface area contributed by atoms with Crippen molar-refractivity contribution in [2.75, 3.05) is 0 Å². The predicted octanol–water partition coefficient (Wildman–Crippen LogP) is 12.1. The number of halogens is 8. The Morgan fingerprint density at radius 1 is 0.745 bits per heavy atom. The molecule has 0 radical (unpaired) electrons. The molecule has 4 aromatic carbocycles. The van der Waals surface area contributed by atoms with Gasteiger partial charge in [-0.25, -0.2) is 17.6 Å². The zero-order valence-electron chi connectivity index (χ0n) is 25.0. The van der Waals surface area contributed by atoms with Crippen molar-refractivity contribution in [2.45, 2.75) is 50.6 Å². The molecular formula is C37H30F8O2. The first-order valence-corrected chi connectivity index (χ1v) is 15.0. The van der Waals surface area contributed by atoms with Crippen molar-refractivity contribution in [3.05, 3.63) is 132 Å². The fourth-order valence-corrected chi connectivity index (χ4v) is 5.95. The number of alkyl halides is 2. The lowest BCUT2D eigenvalue weighted by atomic mass is 9.77. The number of ether oxygens (including phenoxy) is 2. The van der Waals surface area contributed by atoms with Gasteiger partial charge in [-0.15, -0.1) is 6.58 Å². The smallest absolute Gasteiger partial charge is 0.429 e. The van der Waals surface area contributed by atoms with Gasteiger partial charge in [0, 0.05) is 17.7 Å². The first-order chi connectivity index (χ1) is 22.4. The number of hydrogen-bond acceptors (Lipinski definition) is 2. The lowest BCUT2D eigenvalue weighted by Gasteiger charge is -2.28. The Labute approximate surface area is 267 Å². The van der Waals surface area contributed by atoms with E-state index in [4.69, 9.17) is 0 Å². The highest BCUT2D eigenvalue weighted by molar-refractivity contribution is 5.71. The number of benzene rings is 4. The summed E-state index contributed by atoms with van der Waals surface area (Å²) in [4.78, 5) is 0. The fourth-order valence-electron chi connectivity index (χ4n) is 5.95. The average molecular weight is 659 g/mol. The van der Waals surface area contributed by atoms with Crippen molar-refractivity contribution < 1.29 is 44.6 Å². The third kappa shape index (κ3) is 8.04. The maximum atomic E-state index is 15.2. The number of rotatable bonds is 11. The molecule has 0 spiro atoms. The second-order valence-electron chi connectivity index (χ2n) is 11.5. The highest BCUT2D eigenvalue weighted by atomic mass is 19.3. The largest absolute Gasteiger partial charge is 0.453 e. The van der Waals surface area contributed by atoms with Gasteiger partial charge in [0.25, 0.3) is 0 Å². The van der Waals surface area contributed by atoms with E-state index in [0.717, 1.165) is 36.8 Å². The minimum atomic E-state index is -4.42. The zero-order valence-corrected chi connectivity index (χ0v) is 25.0. The van der Waals surface area contributed by atoms with Crippen molar-refractivity contribution >= 4 is 0 Å². The molecule has 246 valence electrons. The summed E-state index contributed by atoms with van der Waals surface area (Å²) < 4.78 is 121. The molecule has 0 amide bonds. The summed E-state index contributed by atoms with van der Waals surface area (Å²) in [5.74, 6) is -6.51. The molecule has 0 bridgehead atoms. The molecule has 47 heavy (non-hydrogen) atoms. The van der Waals surface area contributed by atoms with Crippen LogP contribution in [0, 0.1) is 29.2 Å². The second kappa shape index (κ2) is 14.4. The molecule has 2 nitrogen and oxygen atoms in total. The van der Waals surface area contributed by atoms with Crippen LogP contribution in [0.2, 0.25) is 0 Å². The molecule has 0 heterocycles. The van der Waals surface area contributed by atoms with Gasteiger partial charge in [-0.1, -0.05) is 48.5 Å². The van der Waals surface area contributed by atoms with Gasteiger partial charge in [0.05, 0.1) is 5.56 Å². The van der Waals surface area contributed by atoms with Gasteiger partial charge in [-0.3, -0.25) is 0 Å². The van der Waals surface area contributed by atoms with Gasteiger partial charge in [0.15, 0.2) is 23.6 Å². The van der Waals surface area contributed by atoms with E-state index in [1.807, 2.05) is 18.2 Å². The van der Waals surface area contributed by atoms with E-state index in [1.54, 1.807) is 6.07 Å². The van der Waals surface area contributed by atoms with Gasteiger partial charge < -0.3 is 9.47 Å². The monoisotopic (exact) mass is 658 g/mol. The highest BCUT2D eigenvalue weighted by Gasteiger charge is 2.38. The van der Waals surface area contributed by atoms with Gasteiger partial charge in [-0.05, 0) is 90.8 Å². The Balaban J connectivity index is 1.28. The third-order valence-corrected chi connectivity index (χ3v) is 8.39. The molecule has 1 aliphatic rings. The maximum Gasteiger partial charge on any atom is 0.429 e. The maximum absolute atomic E-state index is 15.2. The standard InChI is InChI=1S/C37H30F8O2/c1-2-3-4-22-5-7-23(8-6-22)24-9-11-25(12-10-24)26-13-15-29(31(38)17-26)27-14-16-30(32(39)18-27)37(44,45)47-28-19-33(40)36(34(41)20-28)46-21-35(42)43/h2,9-23H,1,3-8H2. The van der Waals surface area contributed by atoms with Crippen molar-refractivity contribution in [3.63, 3.8) is 0 Å². The van der Waals surface area contributed by atoms with E-state index in [2.05, 4.69) is 28.2 Å². The van der Waals surface area contributed by atoms with Crippen LogP contribution in [0.3, 0.4) is 0 Å². The zero-order chi connectivity index (χ0) is 33.7. The molecule has 1 fully saturated rings. The van der Waals surface area contributed by atoms with Gasteiger partial charge >= 0.3 is 12.2 Å². The van der Waals surface area contributed by atoms with E-state index in [9.17, 15) is 30.7 Å². The lowest BCUT2D eigenvalue weighted by molar-refractivity contribution is -0.187. The molecule has 10 heteroatoms. The second-order valence-corrected chi connectivity index (χ2v) is 11.5. The SMILES string of the molecule is C=CCCC1CCC(c2ccc(-c3ccc(-c4ccc(C(F)(F)Oc5cc(F)c(OC=C(F)F)c(F)c5)c(F)c4)c(F)c3)cc2)CC1. The molecular weight excluding hydrogens is 628 g/mol. The topological polar surface area (TPSA) is 18.5 Å². The molecule has 0 atom stereocenters. The normalized spacial score (nSPS) is 16.4. The Kier molecular flexibility index (Phi) is 10.4. The van der Waals surface area contributed by atoms with Crippen LogP contribution in [0.15, 0.2) is 97.8 Å². The lowest BCUT2D eigenvalue weighted by Crippen LogP contribution is -2.23. The summed E-state index contributed by atoms with van der Waals surface area (Å²) in [7, 11) is 0. The number of hydrogen-bond donors (Lipinski definition) is 0. The van der Waals surface area contributed by atoms with Crippen molar-refractivity contribution in [3.8, 4) is 33.8 Å². The van der Waals surface area contributed by atoms with Crippen molar-refractivity contribution in [2.24, 2.45) is 5.92 Å². The van der Waals surface area contributed by atoms with E-state index in [1.165, 1.54) is 37.0 Å². The van der Waals surface area contributed by atoms with Gasteiger partial charge in [0.2, 0.25) is 0 Å². The van der Waals surface area contributed by atoms with Crippen LogP contribution >= 0.6 is 0 Å². The summed E-state index contributed by atoms with van der Waals surface area (Å²) in [6.07, 6.45) is 1.77. The summed E-state index contributed by atoms with van der Waals surface area (Å²) in [5.41, 5.74) is 1.27. The third-order valence-electron chi connectivity index (χ3n) is 8.39. The van der Waals surface area contributed by atoms with Crippen LogP contribution < -0.4 is 9.47 Å². The van der Waals surface area contributed by atoms with E-state index >= 15 is 4.39 Å². The van der Waals surface area contributed by atoms with E-state index in [-0.39, 0.29) is 29.5 Å². The van der Waals surface area contributed by atoms with Crippen LogP contribution in [-0.4, -0.2) is 0 Å². The molecule has 1 saturated carbocycles. The highest BCUT2D eigenvalue weighted by Crippen LogP contribution is 2.40. The minimum absolute atomic E-state index is 0.0307. The summed E-state index contributed by atoms with van der Waals surface area (Å²) >= 11 is 0. The molecule has 5 rings (SSSR count). The molecule has 1 aliphatic carbocycles. The number of allylic oxidation sites excluding steroid dienone is 1. The summed E-state index contributed by atoms with van der Waals surface area (Å²) in [5, 5.41) is 0. The van der Waals surface area contributed by atoms with Crippen molar-refractivity contribution in [1.82, 2.24) is 0 Å². The Bertz CT molecular complexity index is 1730. The average Bonchev–Trinajstić information content (AvgIpc) is 3.03. The molecule has 0 aliphatic heterocycles. The minimum Gasteiger partial charge on any atom is -0.453 e. The molecule has 4 aromatic rings. The molecule has 0 unspecified atom stereocenters. The quantitative estimate of drug-likeness (QED) is 0.0907. The van der Waals surface area contributed by atoms with Gasteiger partial charge in [0.1, 0.15) is 17.4 Å². The first kappa shape index (κ1) is 33.8. The van der Waals surface area contributed by atoms with E-state index in [0.29, 0.717) is 23.6 Å². The molecule has 0 aromatic heterocycles. The van der Waals surface area contributed by atoms with Crippen LogP contribution in [0.1, 0.15) is 55.6 Å². The van der Waals surface area contributed by atoms with Crippen LogP contribution in [0.4, 0.5) is 35.1 Å². The summed E-state index contributed by atoms with van der Waals surface area (Å²) in [6.45, 7) is 3.80. The Morgan fingerprint density at radius 3 is 1.96 bits per heavy atom. The molecule has 0 saturated heterocycles. The van der Waals surface area contributed by atoms with Crippen LogP contribution in [0.5, 0.6) is 11.5 Å². The Hall–Kier alpha value is -4.60. The molecule has 0 N–H and O–H groups in total. The van der Waals surface area contributed by atoms with E-state index < -0.39 is 52.5 Å².